The van der Waals surface area contributed by atoms with Crippen LogP contribution in [0.3, 0.4) is 0 Å². The second-order valence-corrected chi connectivity index (χ2v) is 6.59. The predicted octanol–water partition coefficient (Wildman–Crippen LogP) is 3.59. The van der Waals surface area contributed by atoms with E-state index in [0.717, 1.165) is 18.4 Å². The van der Waals surface area contributed by atoms with E-state index in [-0.39, 0.29) is 17.5 Å². The molecule has 0 aromatic heterocycles. The summed E-state index contributed by atoms with van der Waals surface area (Å²) in [5.41, 5.74) is 1.41. The maximum atomic E-state index is 11.2. The van der Waals surface area contributed by atoms with Crippen LogP contribution in [0.1, 0.15) is 53.9 Å². The summed E-state index contributed by atoms with van der Waals surface area (Å²) in [5, 5.41) is 10.1. The SMILES string of the molecule is C=CC(C)(O)C[CH]C1=C(C)C(OC(C)=O)CCC1(C)C. The monoisotopic (exact) mass is 279 g/mol. The van der Waals surface area contributed by atoms with Crippen LogP contribution >= 0.6 is 0 Å². The maximum Gasteiger partial charge on any atom is 0.303 e. The van der Waals surface area contributed by atoms with Crippen molar-refractivity contribution in [2.24, 2.45) is 5.41 Å². The van der Waals surface area contributed by atoms with E-state index in [4.69, 9.17) is 4.74 Å². The molecule has 0 heterocycles. The third kappa shape index (κ3) is 4.20. The van der Waals surface area contributed by atoms with E-state index in [2.05, 4.69) is 26.8 Å². The molecule has 0 aromatic rings. The third-order valence-electron chi connectivity index (χ3n) is 4.14. The summed E-state index contributed by atoms with van der Waals surface area (Å²) >= 11 is 0. The van der Waals surface area contributed by atoms with Gasteiger partial charge in [0.2, 0.25) is 0 Å². The van der Waals surface area contributed by atoms with Gasteiger partial charge in [0.15, 0.2) is 0 Å². The Morgan fingerprint density at radius 1 is 1.60 bits per heavy atom. The highest BCUT2D eigenvalue weighted by Gasteiger charge is 2.35. The Morgan fingerprint density at radius 3 is 2.70 bits per heavy atom. The zero-order valence-electron chi connectivity index (χ0n) is 13.3. The number of hydrogen-bond donors (Lipinski definition) is 1. The van der Waals surface area contributed by atoms with Crippen molar-refractivity contribution in [1.29, 1.82) is 0 Å². The van der Waals surface area contributed by atoms with Crippen LogP contribution in [0.15, 0.2) is 23.8 Å². The summed E-state index contributed by atoms with van der Waals surface area (Å²) in [4.78, 5) is 11.2. The lowest BCUT2D eigenvalue weighted by Gasteiger charge is -2.38. The Hall–Kier alpha value is -1.09. The molecule has 2 unspecified atom stereocenters. The molecule has 0 aromatic carbocycles. The number of rotatable bonds is 5. The molecule has 0 aliphatic heterocycles. The number of carbonyl (C=O) groups is 1. The molecule has 0 fully saturated rings. The predicted molar refractivity (Wildman–Crippen MR) is 81.0 cm³/mol. The first-order valence-electron chi connectivity index (χ1n) is 7.17. The third-order valence-corrected chi connectivity index (χ3v) is 4.14. The van der Waals surface area contributed by atoms with Gasteiger partial charge in [-0.15, -0.1) is 6.58 Å². The minimum absolute atomic E-state index is 0.0397. The van der Waals surface area contributed by atoms with Gasteiger partial charge in [-0.3, -0.25) is 4.79 Å². The second kappa shape index (κ2) is 6.13. The summed E-state index contributed by atoms with van der Waals surface area (Å²) in [6, 6.07) is 0. The van der Waals surface area contributed by atoms with Crippen molar-refractivity contribution in [2.45, 2.75) is 65.6 Å². The Balaban J connectivity index is 2.95. The van der Waals surface area contributed by atoms with Crippen molar-refractivity contribution in [2.75, 3.05) is 0 Å². The van der Waals surface area contributed by atoms with Crippen LogP contribution in [0, 0.1) is 11.8 Å². The highest BCUT2D eigenvalue weighted by atomic mass is 16.5. The van der Waals surface area contributed by atoms with Gasteiger partial charge in [-0.25, -0.2) is 0 Å². The molecule has 20 heavy (non-hydrogen) atoms. The number of carbonyl (C=O) groups excluding carboxylic acids is 1. The van der Waals surface area contributed by atoms with Crippen molar-refractivity contribution >= 4 is 5.97 Å². The van der Waals surface area contributed by atoms with Gasteiger partial charge in [0, 0.05) is 6.92 Å². The summed E-state index contributed by atoms with van der Waals surface area (Å²) in [7, 11) is 0. The Kier molecular flexibility index (Phi) is 5.20. The van der Waals surface area contributed by atoms with Crippen molar-refractivity contribution in [3.63, 3.8) is 0 Å². The quantitative estimate of drug-likeness (QED) is 0.618. The number of allylic oxidation sites excluding steroid dienone is 1. The molecule has 1 N–H and O–H groups in total. The minimum atomic E-state index is -0.905. The Labute approximate surface area is 122 Å². The molecular weight excluding hydrogens is 252 g/mol. The fourth-order valence-electron chi connectivity index (χ4n) is 2.73. The number of ether oxygens (including phenoxy) is 1. The van der Waals surface area contributed by atoms with E-state index in [1.54, 1.807) is 13.0 Å². The van der Waals surface area contributed by atoms with Crippen LogP contribution in [0.2, 0.25) is 0 Å². The lowest BCUT2D eigenvalue weighted by atomic mass is 9.69. The zero-order chi connectivity index (χ0) is 15.6. The maximum absolute atomic E-state index is 11.2. The molecule has 113 valence electrons. The van der Waals surface area contributed by atoms with E-state index >= 15 is 0 Å². The van der Waals surface area contributed by atoms with Crippen molar-refractivity contribution in [1.82, 2.24) is 0 Å². The molecule has 1 radical (unpaired) electrons. The normalized spacial score (nSPS) is 25.0. The molecular formula is C17H27O3. The van der Waals surface area contributed by atoms with Gasteiger partial charge < -0.3 is 9.84 Å². The lowest BCUT2D eigenvalue weighted by Crippen LogP contribution is -2.32. The Morgan fingerprint density at radius 2 is 2.20 bits per heavy atom. The first-order valence-corrected chi connectivity index (χ1v) is 7.17. The van der Waals surface area contributed by atoms with Gasteiger partial charge in [-0.1, -0.05) is 25.5 Å². The molecule has 1 aliphatic rings. The van der Waals surface area contributed by atoms with E-state index in [9.17, 15) is 9.90 Å². The molecule has 3 heteroatoms. The summed E-state index contributed by atoms with van der Waals surface area (Å²) in [6.07, 6.45) is 5.81. The fourth-order valence-corrected chi connectivity index (χ4v) is 2.73. The van der Waals surface area contributed by atoms with Crippen molar-refractivity contribution in [3.8, 4) is 0 Å². The van der Waals surface area contributed by atoms with Crippen LogP contribution in [-0.4, -0.2) is 22.8 Å². The van der Waals surface area contributed by atoms with Gasteiger partial charge in [-0.05, 0) is 50.5 Å². The van der Waals surface area contributed by atoms with E-state index in [1.165, 1.54) is 12.5 Å². The molecule has 0 saturated carbocycles. The molecule has 0 bridgehead atoms. The standard InChI is InChI=1S/C17H27O3/c1-7-17(6,19)11-8-14-12(2)15(20-13(3)18)9-10-16(14,4)5/h7-8,15,19H,1,9-11H2,2-6H3. The van der Waals surface area contributed by atoms with Crippen molar-refractivity contribution in [3.05, 3.63) is 30.2 Å². The molecule has 2 atom stereocenters. The van der Waals surface area contributed by atoms with Gasteiger partial charge in [0.05, 0.1) is 5.60 Å². The lowest BCUT2D eigenvalue weighted by molar-refractivity contribution is -0.145. The van der Waals surface area contributed by atoms with E-state index in [0.29, 0.717) is 6.42 Å². The highest BCUT2D eigenvalue weighted by Crippen LogP contribution is 2.43. The smallest absolute Gasteiger partial charge is 0.303 e. The molecule has 0 amide bonds. The topological polar surface area (TPSA) is 46.5 Å². The van der Waals surface area contributed by atoms with Crippen LogP contribution in [0.4, 0.5) is 0 Å². The van der Waals surface area contributed by atoms with Gasteiger partial charge >= 0.3 is 5.97 Å². The number of hydrogen-bond acceptors (Lipinski definition) is 3. The molecule has 1 aliphatic carbocycles. The van der Waals surface area contributed by atoms with E-state index < -0.39 is 5.60 Å². The average Bonchev–Trinajstić information content (AvgIpc) is 2.32. The van der Waals surface area contributed by atoms with Gasteiger partial charge in [0.25, 0.3) is 0 Å². The Bertz CT molecular complexity index is 416. The average molecular weight is 279 g/mol. The number of aliphatic hydroxyl groups is 1. The first-order chi connectivity index (χ1) is 9.09. The van der Waals surface area contributed by atoms with Gasteiger partial charge in [0.1, 0.15) is 6.10 Å². The van der Waals surface area contributed by atoms with Crippen LogP contribution in [0.25, 0.3) is 0 Å². The molecule has 0 spiro atoms. The number of esters is 1. The summed E-state index contributed by atoms with van der Waals surface area (Å²) in [6.45, 7) is 13.2. The largest absolute Gasteiger partial charge is 0.458 e. The van der Waals surface area contributed by atoms with E-state index in [1.807, 2.05) is 6.92 Å². The summed E-state index contributed by atoms with van der Waals surface area (Å²) in [5.74, 6) is -0.244. The minimum Gasteiger partial charge on any atom is -0.458 e. The molecule has 1 rings (SSSR count). The fraction of sp³-hybridized carbons (Fsp3) is 0.647. The summed E-state index contributed by atoms with van der Waals surface area (Å²) < 4.78 is 5.39. The van der Waals surface area contributed by atoms with Crippen molar-refractivity contribution < 1.29 is 14.6 Å². The van der Waals surface area contributed by atoms with Gasteiger partial charge in [-0.2, -0.15) is 0 Å². The van der Waals surface area contributed by atoms with Crippen LogP contribution in [-0.2, 0) is 9.53 Å². The second-order valence-electron chi connectivity index (χ2n) is 6.59. The first kappa shape index (κ1) is 17.0. The molecule has 0 saturated heterocycles. The highest BCUT2D eigenvalue weighted by molar-refractivity contribution is 5.66. The zero-order valence-corrected chi connectivity index (χ0v) is 13.3. The van der Waals surface area contributed by atoms with Crippen LogP contribution in [0.5, 0.6) is 0 Å². The van der Waals surface area contributed by atoms with Crippen LogP contribution < -0.4 is 0 Å². The molecule has 3 nitrogen and oxygen atoms in total.